The van der Waals surface area contributed by atoms with Gasteiger partial charge in [-0.2, -0.15) is 0 Å². The molecule has 0 saturated carbocycles. The van der Waals surface area contributed by atoms with Gasteiger partial charge in [0.05, 0.1) is 12.7 Å². The molecule has 1 unspecified atom stereocenters. The number of aliphatic hydroxyl groups is 1. The quantitative estimate of drug-likeness (QED) is 0.857. The van der Waals surface area contributed by atoms with Crippen molar-refractivity contribution in [2.24, 2.45) is 0 Å². The zero-order valence-electron chi connectivity index (χ0n) is 12.2. The molecule has 0 aliphatic rings. The highest BCUT2D eigenvalue weighted by atomic mass is 16.5. The van der Waals surface area contributed by atoms with Gasteiger partial charge in [-0.1, -0.05) is 42.5 Å². The summed E-state index contributed by atoms with van der Waals surface area (Å²) in [6.45, 7) is 4.67. The maximum atomic E-state index is 10.4. The van der Waals surface area contributed by atoms with Crippen LogP contribution in [-0.2, 0) is 6.42 Å². The van der Waals surface area contributed by atoms with E-state index >= 15 is 0 Å². The molecule has 2 aromatic carbocycles. The van der Waals surface area contributed by atoms with Crippen molar-refractivity contribution >= 4 is 0 Å². The maximum Gasteiger partial charge on any atom is 0.125 e. The number of aliphatic hydroxyl groups excluding tert-OH is 1. The lowest BCUT2D eigenvalue weighted by molar-refractivity contribution is 0.162. The highest BCUT2D eigenvalue weighted by molar-refractivity contribution is 5.35. The number of hydrogen-bond acceptors (Lipinski definition) is 2. The monoisotopic (exact) mass is 270 g/mol. The van der Waals surface area contributed by atoms with Crippen molar-refractivity contribution in [3.63, 3.8) is 0 Å². The fraction of sp³-hybridized carbons (Fsp3) is 0.333. The Morgan fingerprint density at radius 2 is 1.75 bits per heavy atom. The Kier molecular flexibility index (Phi) is 5.19. The molecule has 2 aromatic rings. The van der Waals surface area contributed by atoms with E-state index in [4.69, 9.17) is 4.74 Å². The van der Waals surface area contributed by atoms with Crippen LogP contribution in [0.2, 0.25) is 0 Å². The van der Waals surface area contributed by atoms with Gasteiger partial charge in [0.25, 0.3) is 0 Å². The highest BCUT2D eigenvalue weighted by Gasteiger charge is 2.13. The summed E-state index contributed by atoms with van der Waals surface area (Å²) in [5.41, 5.74) is 3.45. The molecular weight excluding hydrogens is 248 g/mol. The zero-order chi connectivity index (χ0) is 14.4. The minimum absolute atomic E-state index is 0.489. The Labute approximate surface area is 121 Å². The van der Waals surface area contributed by atoms with Crippen LogP contribution in [0.4, 0.5) is 0 Å². The molecule has 2 heteroatoms. The molecule has 1 N–H and O–H groups in total. The minimum atomic E-state index is -0.489. The van der Waals surface area contributed by atoms with Crippen LogP contribution in [-0.4, -0.2) is 11.7 Å². The second-order valence-corrected chi connectivity index (χ2v) is 4.95. The first-order chi connectivity index (χ1) is 9.72. The van der Waals surface area contributed by atoms with Gasteiger partial charge >= 0.3 is 0 Å². The molecule has 1 atom stereocenters. The normalized spacial score (nSPS) is 12.2. The van der Waals surface area contributed by atoms with E-state index in [2.05, 4.69) is 19.1 Å². The SMILES string of the molecule is CCOc1ccccc1C(O)CCc1ccccc1C. The van der Waals surface area contributed by atoms with Gasteiger partial charge in [-0.3, -0.25) is 0 Å². The first-order valence-electron chi connectivity index (χ1n) is 7.16. The van der Waals surface area contributed by atoms with Crippen LogP contribution in [0.25, 0.3) is 0 Å². The van der Waals surface area contributed by atoms with Gasteiger partial charge in [-0.05, 0) is 43.9 Å². The summed E-state index contributed by atoms with van der Waals surface area (Å²) in [7, 11) is 0. The molecule has 0 bridgehead atoms. The molecule has 2 rings (SSSR count). The highest BCUT2D eigenvalue weighted by Crippen LogP contribution is 2.28. The molecule has 0 aromatic heterocycles. The third-order valence-corrected chi connectivity index (χ3v) is 3.53. The molecule has 0 aliphatic carbocycles. The second-order valence-electron chi connectivity index (χ2n) is 4.95. The number of ether oxygens (including phenoxy) is 1. The van der Waals surface area contributed by atoms with Crippen LogP contribution < -0.4 is 4.74 Å². The average molecular weight is 270 g/mol. The largest absolute Gasteiger partial charge is 0.493 e. The van der Waals surface area contributed by atoms with Crippen LogP contribution in [0, 0.1) is 6.92 Å². The third-order valence-electron chi connectivity index (χ3n) is 3.53. The molecule has 106 valence electrons. The van der Waals surface area contributed by atoms with Gasteiger partial charge in [0, 0.05) is 5.56 Å². The third kappa shape index (κ3) is 3.61. The summed E-state index contributed by atoms with van der Waals surface area (Å²) < 4.78 is 5.57. The number of hydrogen-bond donors (Lipinski definition) is 1. The Balaban J connectivity index is 2.05. The average Bonchev–Trinajstić information content (AvgIpc) is 2.47. The topological polar surface area (TPSA) is 29.5 Å². The summed E-state index contributed by atoms with van der Waals surface area (Å²) in [5.74, 6) is 0.785. The Morgan fingerprint density at radius 1 is 1.05 bits per heavy atom. The van der Waals surface area contributed by atoms with Gasteiger partial charge in [-0.15, -0.1) is 0 Å². The summed E-state index contributed by atoms with van der Waals surface area (Å²) in [6.07, 6.45) is 1.08. The van der Waals surface area contributed by atoms with Gasteiger partial charge in [0.1, 0.15) is 5.75 Å². The molecule has 0 saturated heterocycles. The van der Waals surface area contributed by atoms with Crippen molar-refractivity contribution in [1.29, 1.82) is 0 Å². The fourth-order valence-electron chi connectivity index (χ4n) is 2.38. The Hall–Kier alpha value is -1.80. The number of rotatable bonds is 6. The van der Waals surface area contributed by atoms with Crippen LogP contribution in [0.5, 0.6) is 5.75 Å². The molecular formula is C18H22O2. The van der Waals surface area contributed by atoms with Crippen molar-refractivity contribution in [1.82, 2.24) is 0 Å². The lowest BCUT2D eigenvalue weighted by atomic mass is 9.98. The second kappa shape index (κ2) is 7.11. The first kappa shape index (κ1) is 14.6. The minimum Gasteiger partial charge on any atom is -0.493 e. The maximum absolute atomic E-state index is 10.4. The number of para-hydroxylation sites is 1. The molecule has 0 aliphatic heterocycles. The molecule has 2 nitrogen and oxygen atoms in total. The van der Waals surface area contributed by atoms with Crippen molar-refractivity contribution in [3.05, 3.63) is 65.2 Å². The Morgan fingerprint density at radius 3 is 2.50 bits per heavy atom. The van der Waals surface area contributed by atoms with Crippen molar-refractivity contribution in [2.75, 3.05) is 6.61 Å². The van der Waals surface area contributed by atoms with Crippen LogP contribution in [0.1, 0.15) is 36.1 Å². The van der Waals surface area contributed by atoms with Crippen molar-refractivity contribution < 1.29 is 9.84 Å². The lowest BCUT2D eigenvalue weighted by Gasteiger charge is -2.16. The molecule has 0 radical (unpaired) electrons. The fourth-order valence-corrected chi connectivity index (χ4v) is 2.38. The van der Waals surface area contributed by atoms with Gasteiger partial charge in [0.15, 0.2) is 0 Å². The zero-order valence-corrected chi connectivity index (χ0v) is 12.2. The van der Waals surface area contributed by atoms with Gasteiger partial charge < -0.3 is 9.84 Å². The lowest BCUT2D eigenvalue weighted by Crippen LogP contribution is -2.04. The van der Waals surface area contributed by atoms with Gasteiger partial charge in [0.2, 0.25) is 0 Å². The van der Waals surface area contributed by atoms with E-state index < -0.39 is 6.10 Å². The van der Waals surface area contributed by atoms with E-state index in [1.807, 2.05) is 43.3 Å². The standard InChI is InChI=1S/C18H22O2/c1-3-20-18-11-7-6-10-16(18)17(19)13-12-15-9-5-4-8-14(15)2/h4-11,17,19H,3,12-13H2,1-2H3. The molecule has 0 amide bonds. The predicted octanol–water partition coefficient (Wildman–Crippen LogP) is 4.06. The number of benzene rings is 2. The van der Waals surface area contributed by atoms with E-state index in [0.717, 1.165) is 17.7 Å². The van der Waals surface area contributed by atoms with E-state index in [1.165, 1.54) is 11.1 Å². The van der Waals surface area contributed by atoms with Crippen molar-refractivity contribution in [2.45, 2.75) is 32.8 Å². The summed E-state index contributed by atoms with van der Waals surface area (Å²) >= 11 is 0. The Bertz CT molecular complexity index is 549. The molecule has 0 heterocycles. The van der Waals surface area contributed by atoms with E-state index in [0.29, 0.717) is 13.0 Å². The van der Waals surface area contributed by atoms with Gasteiger partial charge in [-0.25, -0.2) is 0 Å². The van der Waals surface area contributed by atoms with Crippen LogP contribution in [0.15, 0.2) is 48.5 Å². The van der Waals surface area contributed by atoms with Crippen LogP contribution >= 0.6 is 0 Å². The molecule has 0 spiro atoms. The van der Waals surface area contributed by atoms with E-state index in [-0.39, 0.29) is 0 Å². The molecule has 20 heavy (non-hydrogen) atoms. The summed E-state index contributed by atoms with van der Waals surface area (Å²) in [5, 5.41) is 10.4. The predicted molar refractivity (Wildman–Crippen MR) is 82.1 cm³/mol. The first-order valence-corrected chi connectivity index (χ1v) is 7.16. The molecule has 0 fully saturated rings. The van der Waals surface area contributed by atoms with Crippen molar-refractivity contribution in [3.8, 4) is 5.75 Å². The summed E-state index contributed by atoms with van der Waals surface area (Å²) in [4.78, 5) is 0. The van der Waals surface area contributed by atoms with E-state index in [1.54, 1.807) is 0 Å². The van der Waals surface area contributed by atoms with Crippen LogP contribution in [0.3, 0.4) is 0 Å². The number of aryl methyl sites for hydroxylation is 2. The smallest absolute Gasteiger partial charge is 0.125 e. The summed E-state index contributed by atoms with van der Waals surface area (Å²) in [6, 6.07) is 16.0. The van der Waals surface area contributed by atoms with E-state index in [9.17, 15) is 5.11 Å².